The normalized spacial score (nSPS) is 23.0. The van der Waals surface area contributed by atoms with E-state index in [9.17, 15) is 8.42 Å². The van der Waals surface area contributed by atoms with Crippen molar-refractivity contribution in [1.82, 2.24) is 4.72 Å². The van der Waals surface area contributed by atoms with Gasteiger partial charge in [0.05, 0.1) is 11.9 Å². The first kappa shape index (κ1) is 14.3. The third-order valence-corrected chi connectivity index (χ3v) is 4.56. The molecule has 0 amide bonds. The first-order chi connectivity index (χ1) is 8.98. The fourth-order valence-corrected chi connectivity index (χ4v) is 3.63. The van der Waals surface area contributed by atoms with Crippen molar-refractivity contribution >= 4 is 15.7 Å². The smallest absolute Gasteiger partial charge is 0.216 e. The second-order valence-corrected chi connectivity index (χ2v) is 6.62. The molecule has 19 heavy (non-hydrogen) atoms. The Morgan fingerprint density at radius 3 is 2.79 bits per heavy atom. The van der Waals surface area contributed by atoms with Gasteiger partial charge in [0.1, 0.15) is 0 Å². The molecule has 0 radical (unpaired) electrons. The van der Waals surface area contributed by atoms with Crippen LogP contribution in [0.5, 0.6) is 0 Å². The number of hydrogen-bond donors (Lipinski definition) is 2. The van der Waals surface area contributed by atoms with E-state index in [1.54, 1.807) is 24.3 Å². The van der Waals surface area contributed by atoms with Gasteiger partial charge in [-0.3, -0.25) is 0 Å². The molecule has 1 aliphatic rings. The molecule has 1 aromatic carbocycles. The van der Waals surface area contributed by atoms with E-state index < -0.39 is 10.0 Å². The Morgan fingerprint density at radius 1 is 1.42 bits per heavy atom. The summed E-state index contributed by atoms with van der Waals surface area (Å²) in [7, 11) is -3.31. The zero-order chi connectivity index (χ0) is 13.9. The van der Waals surface area contributed by atoms with Gasteiger partial charge in [-0.2, -0.15) is 0 Å². The van der Waals surface area contributed by atoms with Crippen LogP contribution < -0.4 is 10.5 Å². The Labute approximate surface area is 114 Å². The van der Waals surface area contributed by atoms with Gasteiger partial charge in [0.25, 0.3) is 0 Å². The molecule has 5 nitrogen and oxygen atoms in total. The summed E-state index contributed by atoms with van der Waals surface area (Å²) in [5.41, 5.74) is 6.91. The predicted octanol–water partition coefficient (Wildman–Crippen LogP) is 1.26. The fraction of sp³-hybridized carbons (Fsp3) is 0.538. The van der Waals surface area contributed by atoms with Crippen molar-refractivity contribution in [3.63, 3.8) is 0 Å². The summed E-state index contributed by atoms with van der Waals surface area (Å²) in [6.45, 7) is 2.62. The SMILES string of the molecule is CCOC1CC(NS(=O)(=O)Cc2cccc(N)c2)C1. The van der Waals surface area contributed by atoms with E-state index >= 15 is 0 Å². The van der Waals surface area contributed by atoms with Crippen LogP contribution in [0.3, 0.4) is 0 Å². The average Bonchev–Trinajstić information content (AvgIpc) is 2.25. The topological polar surface area (TPSA) is 81.4 Å². The van der Waals surface area contributed by atoms with E-state index in [-0.39, 0.29) is 17.9 Å². The summed E-state index contributed by atoms with van der Waals surface area (Å²) in [6, 6.07) is 6.95. The maximum atomic E-state index is 12.0. The molecule has 2 rings (SSSR count). The molecule has 1 aromatic rings. The Bertz CT molecular complexity index is 524. The molecule has 6 heteroatoms. The molecule has 0 saturated heterocycles. The van der Waals surface area contributed by atoms with E-state index in [2.05, 4.69) is 4.72 Å². The molecule has 3 N–H and O–H groups in total. The first-order valence-corrected chi connectivity index (χ1v) is 8.10. The van der Waals surface area contributed by atoms with Crippen LogP contribution in [-0.2, 0) is 20.5 Å². The van der Waals surface area contributed by atoms with Crippen molar-refractivity contribution in [3.8, 4) is 0 Å². The largest absolute Gasteiger partial charge is 0.399 e. The Morgan fingerprint density at radius 2 is 2.16 bits per heavy atom. The molecule has 1 aliphatic carbocycles. The number of anilines is 1. The number of ether oxygens (including phenoxy) is 1. The highest BCUT2D eigenvalue weighted by atomic mass is 32.2. The minimum absolute atomic E-state index is 0.00242. The second-order valence-electron chi connectivity index (χ2n) is 4.87. The lowest BCUT2D eigenvalue weighted by molar-refractivity contribution is -0.00476. The second kappa shape index (κ2) is 5.90. The number of hydrogen-bond acceptors (Lipinski definition) is 4. The highest BCUT2D eigenvalue weighted by molar-refractivity contribution is 7.88. The van der Waals surface area contributed by atoms with Gasteiger partial charge in [-0.15, -0.1) is 0 Å². The van der Waals surface area contributed by atoms with Gasteiger partial charge in [0.15, 0.2) is 0 Å². The number of rotatable bonds is 6. The molecule has 0 heterocycles. The van der Waals surface area contributed by atoms with Gasteiger partial charge in [-0.1, -0.05) is 12.1 Å². The molecule has 0 atom stereocenters. The van der Waals surface area contributed by atoms with Crippen molar-refractivity contribution < 1.29 is 13.2 Å². The summed E-state index contributed by atoms with van der Waals surface area (Å²) < 4.78 is 32.1. The average molecular weight is 284 g/mol. The standard InChI is InChI=1S/C13H20N2O3S/c1-2-18-13-7-12(8-13)15-19(16,17)9-10-4-3-5-11(14)6-10/h3-6,12-13,15H,2,7-9,14H2,1H3. The first-order valence-electron chi connectivity index (χ1n) is 6.44. The Hall–Kier alpha value is -1.11. The molecule has 0 bridgehead atoms. The molecule has 0 unspecified atom stereocenters. The van der Waals surface area contributed by atoms with Gasteiger partial charge >= 0.3 is 0 Å². The van der Waals surface area contributed by atoms with Crippen LogP contribution in [-0.4, -0.2) is 27.2 Å². The van der Waals surface area contributed by atoms with Crippen molar-refractivity contribution in [2.75, 3.05) is 12.3 Å². The highest BCUT2D eigenvalue weighted by Gasteiger charge is 2.32. The number of nitrogens with two attached hydrogens (primary N) is 1. The zero-order valence-corrected chi connectivity index (χ0v) is 11.8. The summed E-state index contributed by atoms with van der Waals surface area (Å²) in [5.74, 6) is -0.0339. The minimum Gasteiger partial charge on any atom is -0.399 e. The maximum Gasteiger partial charge on any atom is 0.216 e. The number of nitrogens with one attached hydrogen (secondary N) is 1. The van der Waals surface area contributed by atoms with Crippen LogP contribution in [0.4, 0.5) is 5.69 Å². The fourth-order valence-electron chi connectivity index (χ4n) is 2.23. The van der Waals surface area contributed by atoms with Crippen molar-refractivity contribution in [2.24, 2.45) is 0 Å². The van der Waals surface area contributed by atoms with Crippen LogP contribution in [0.25, 0.3) is 0 Å². The minimum atomic E-state index is -3.31. The van der Waals surface area contributed by atoms with Crippen molar-refractivity contribution in [1.29, 1.82) is 0 Å². The summed E-state index contributed by atoms with van der Waals surface area (Å²) in [6.07, 6.45) is 1.71. The summed E-state index contributed by atoms with van der Waals surface area (Å²) in [5, 5.41) is 0. The molecule has 0 aliphatic heterocycles. The summed E-state index contributed by atoms with van der Waals surface area (Å²) in [4.78, 5) is 0. The van der Waals surface area contributed by atoms with Gasteiger partial charge in [0, 0.05) is 18.3 Å². The van der Waals surface area contributed by atoms with E-state index in [1.807, 2.05) is 6.92 Å². The highest BCUT2D eigenvalue weighted by Crippen LogP contribution is 2.24. The monoisotopic (exact) mass is 284 g/mol. The van der Waals surface area contributed by atoms with Crippen molar-refractivity contribution in [2.45, 2.75) is 37.7 Å². The summed E-state index contributed by atoms with van der Waals surface area (Å²) >= 11 is 0. The van der Waals surface area contributed by atoms with Gasteiger partial charge in [0.2, 0.25) is 10.0 Å². The Balaban J connectivity index is 1.86. The molecule has 0 spiro atoms. The van der Waals surface area contributed by atoms with E-state index in [0.717, 1.165) is 12.8 Å². The number of sulfonamides is 1. The molecular weight excluding hydrogens is 264 g/mol. The number of nitrogen functional groups attached to an aromatic ring is 1. The van der Waals surface area contributed by atoms with Crippen LogP contribution >= 0.6 is 0 Å². The third kappa shape index (κ3) is 4.19. The van der Waals surface area contributed by atoms with E-state index in [1.165, 1.54) is 0 Å². The maximum absolute atomic E-state index is 12.0. The third-order valence-electron chi connectivity index (χ3n) is 3.15. The van der Waals surface area contributed by atoms with Gasteiger partial charge < -0.3 is 10.5 Å². The molecular formula is C13H20N2O3S. The van der Waals surface area contributed by atoms with Crippen LogP contribution in [0.2, 0.25) is 0 Å². The van der Waals surface area contributed by atoms with Crippen LogP contribution in [0.15, 0.2) is 24.3 Å². The lowest BCUT2D eigenvalue weighted by Crippen LogP contribution is -2.48. The van der Waals surface area contributed by atoms with Gasteiger partial charge in [-0.25, -0.2) is 13.1 Å². The predicted molar refractivity (Wildman–Crippen MR) is 75.0 cm³/mol. The van der Waals surface area contributed by atoms with E-state index in [0.29, 0.717) is 17.9 Å². The Kier molecular flexibility index (Phi) is 4.44. The lowest BCUT2D eigenvalue weighted by Gasteiger charge is -2.35. The molecule has 1 saturated carbocycles. The quantitative estimate of drug-likeness (QED) is 0.770. The van der Waals surface area contributed by atoms with Crippen molar-refractivity contribution in [3.05, 3.63) is 29.8 Å². The lowest BCUT2D eigenvalue weighted by atomic mass is 9.90. The van der Waals surface area contributed by atoms with Crippen LogP contribution in [0.1, 0.15) is 25.3 Å². The van der Waals surface area contributed by atoms with E-state index in [4.69, 9.17) is 10.5 Å². The molecule has 106 valence electrons. The molecule has 0 aromatic heterocycles. The zero-order valence-electron chi connectivity index (χ0n) is 11.0. The van der Waals surface area contributed by atoms with Gasteiger partial charge in [-0.05, 0) is 37.5 Å². The molecule has 1 fully saturated rings. The number of benzene rings is 1. The van der Waals surface area contributed by atoms with Crippen LogP contribution in [0, 0.1) is 0 Å².